The lowest BCUT2D eigenvalue weighted by atomic mass is 9.87. The number of aromatic nitrogens is 1. The van der Waals surface area contributed by atoms with Crippen LogP contribution in [0.2, 0.25) is 0 Å². The Hall–Kier alpha value is -2.57. The SMILES string of the molecule is CC(C)(C)c1ccc(O)c(NC(=O)c2ccc(C(F)(F)F)nc2)c1. The van der Waals surface area contributed by atoms with Crippen molar-refractivity contribution in [2.75, 3.05) is 5.32 Å². The number of halogens is 3. The van der Waals surface area contributed by atoms with Crippen LogP contribution in [0.1, 0.15) is 42.4 Å². The van der Waals surface area contributed by atoms with E-state index in [1.807, 2.05) is 20.8 Å². The third kappa shape index (κ3) is 4.04. The molecule has 0 saturated carbocycles. The number of nitrogens with one attached hydrogen (secondary N) is 1. The van der Waals surface area contributed by atoms with Crippen molar-refractivity contribution < 1.29 is 23.1 Å². The van der Waals surface area contributed by atoms with Gasteiger partial charge in [-0.1, -0.05) is 26.8 Å². The molecule has 0 unspecified atom stereocenters. The van der Waals surface area contributed by atoms with Crippen LogP contribution in [0.15, 0.2) is 36.5 Å². The van der Waals surface area contributed by atoms with E-state index in [0.717, 1.165) is 23.9 Å². The topological polar surface area (TPSA) is 62.2 Å². The van der Waals surface area contributed by atoms with Gasteiger partial charge in [0.1, 0.15) is 11.4 Å². The number of nitrogens with zero attached hydrogens (tertiary/aromatic N) is 1. The summed E-state index contributed by atoms with van der Waals surface area (Å²) in [6, 6.07) is 6.60. The molecule has 24 heavy (non-hydrogen) atoms. The Bertz CT molecular complexity index is 748. The zero-order valence-electron chi connectivity index (χ0n) is 13.4. The monoisotopic (exact) mass is 338 g/mol. The molecule has 0 fully saturated rings. The molecule has 0 aliphatic heterocycles. The lowest BCUT2D eigenvalue weighted by molar-refractivity contribution is -0.141. The van der Waals surface area contributed by atoms with Crippen LogP contribution in [0.5, 0.6) is 5.75 Å². The van der Waals surface area contributed by atoms with Gasteiger partial charge in [0.15, 0.2) is 0 Å². The maximum Gasteiger partial charge on any atom is 0.433 e. The largest absolute Gasteiger partial charge is 0.506 e. The van der Waals surface area contributed by atoms with Crippen molar-refractivity contribution in [2.45, 2.75) is 32.4 Å². The van der Waals surface area contributed by atoms with E-state index in [0.29, 0.717) is 0 Å². The first kappa shape index (κ1) is 17.8. The van der Waals surface area contributed by atoms with E-state index in [4.69, 9.17) is 0 Å². The zero-order chi connectivity index (χ0) is 18.1. The van der Waals surface area contributed by atoms with Crippen molar-refractivity contribution >= 4 is 11.6 Å². The highest BCUT2D eigenvalue weighted by molar-refractivity contribution is 6.04. The van der Waals surface area contributed by atoms with Crippen molar-refractivity contribution in [2.24, 2.45) is 0 Å². The normalized spacial score (nSPS) is 12.1. The minimum atomic E-state index is -4.56. The molecule has 4 nitrogen and oxygen atoms in total. The van der Waals surface area contributed by atoms with Crippen molar-refractivity contribution in [1.82, 2.24) is 4.98 Å². The molecule has 0 aliphatic carbocycles. The van der Waals surface area contributed by atoms with Crippen LogP contribution in [0.25, 0.3) is 0 Å². The maximum atomic E-state index is 12.5. The highest BCUT2D eigenvalue weighted by Gasteiger charge is 2.32. The molecule has 0 bridgehead atoms. The van der Waals surface area contributed by atoms with Crippen LogP contribution in [0.4, 0.5) is 18.9 Å². The lowest BCUT2D eigenvalue weighted by Crippen LogP contribution is -2.16. The van der Waals surface area contributed by atoms with Crippen LogP contribution < -0.4 is 5.32 Å². The van der Waals surface area contributed by atoms with E-state index in [2.05, 4.69) is 10.3 Å². The van der Waals surface area contributed by atoms with Gasteiger partial charge in [-0.15, -0.1) is 0 Å². The summed E-state index contributed by atoms with van der Waals surface area (Å²) in [6.45, 7) is 5.93. The Balaban J connectivity index is 2.24. The second-order valence-corrected chi connectivity index (χ2v) is 6.37. The number of anilines is 1. The van der Waals surface area contributed by atoms with Gasteiger partial charge in [0.2, 0.25) is 0 Å². The van der Waals surface area contributed by atoms with Gasteiger partial charge in [-0.25, -0.2) is 0 Å². The van der Waals surface area contributed by atoms with Crippen molar-refractivity contribution in [3.05, 3.63) is 53.3 Å². The Morgan fingerprint density at radius 3 is 2.29 bits per heavy atom. The number of hydrogen-bond donors (Lipinski definition) is 2. The molecule has 1 aromatic heterocycles. The smallest absolute Gasteiger partial charge is 0.433 e. The number of phenolic OH excluding ortho intramolecular Hbond substituents is 1. The van der Waals surface area contributed by atoms with Crippen LogP contribution in [-0.4, -0.2) is 16.0 Å². The molecular formula is C17H17F3N2O2. The van der Waals surface area contributed by atoms with E-state index in [1.165, 1.54) is 6.07 Å². The average Bonchev–Trinajstić information content (AvgIpc) is 2.47. The Labute approximate surface area is 137 Å². The van der Waals surface area contributed by atoms with Crippen molar-refractivity contribution in [3.8, 4) is 5.75 Å². The number of phenols is 1. The van der Waals surface area contributed by atoms with E-state index < -0.39 is 17.8 Å². The summed E-state index contributed by atoms with van der Waals surface area (Å²) < 4.78 is 37.4. The molecule has 1 aromatic carbocycles. The van der Waals surface area contributed by atoms with E-state index in [-0.39, 0.29) is 22.4 Å². The summed E-state index contributed by atoms with van der Waals surface area (Å²) in [4.78, 5) is 15.4. The highest BCUT2D eigenvalue weighted by Crippen LogP contribution is 2.31. The van der Waals surface area contributed by atoms with E-state index in [1.54, 1.807) is 12.1 Å². The van der Waals surface area contributed by atoms with E-state index >= 15 is 0 Å². The van der Waals surface area contributed by atoms with Crippen LogP contribution in [0, 0.1) is 0 Å². The van der Waals surface area contributed by atoms with Crippen LogP contribution >= 0.6 is 0 Å². The van der Waals surface area contributed by atoms with Crippen LogP contribution in [-0.2, 0) is 11.6 Å². The fraction of sp³-hybridized carbons (Fsp3) is 0.294. The standard InChI is InChI=1S/C17H17F3N2O2/c1-16(2,3)11-5-6-13(23)12(8-11)22-15(24)10-4-7-14(21-9-10)17(18,19)20/h4-9,23H,1-3H3,(H,22,24). The maximum absolute atomic E-state index is 12.5. The Morgan fingerprint density at radius 1 is 1.12 bits per heavy atom. The van der Waals surface area contributed by atoms with E-state index in [9.17, 15) is 23.1 Å². The molecular weight excluding hydrogens is 321 g/mol. The number of carbonyl (C=O) groups excluding carboxylic acids is 1. The summed E-state index contributed by atoms with van der Waals surface area (Å²) in [5.41, 5.74) is -0.225. The van der Waals surface area contributed by atoms with Gasteiger partial charge in [0, 0.05) is 6.20 Å². The molecule has 0 spiro atoms. The molecule has 1 heterocycles. The summed E-state index contributed by atoms with van der Waals surface area (Å²) >= 11 is 0. The predicted molar refractivity (Wildman–Crippen MR) is 84.0 cm³/mol. The van der Waals surface area contributed by atoms with Gasteiger partial charge in [0.25, 0.3) is 5.91 Å². The summed E-state index contributed by atoms with van der Waals surface area (Å²) in [5, 5.41) is 12.4. The fourth-order valence-corrected chi connectivity index (χ4v) is 1.99. The summed E-state index contributed by atoms with van der Waals surface area (Å²) in [6.07, 6.45) is -3.71. The molecule has 0 atom stereocenters. The molecule has 0 saturated heterocycles. The Morgan fingerprint density at radius 2 is 1.79 bits per heavy atom. The third-order valence-electron chi connectivity index (χ3n) is 3.43. The van der Waals surface area contributed by atoms with Gasteiger partial charge in [-0.05, 0) is 35.2 Å². The van der Waals surface area contributed by atoms with Gasteiger partial charge >= 0.3 is 6.18 Å². The molecule has 2 N–H and O–H groups in total. The van der Waals surface area contributed by atoms with Gasteiger partial charge in [-0.2, -0.15) is 13.2 Å². The molecule has 2 aromatic rings. The Kier molecular flexibility index (Phi) is 4.55. The summed E-state index contributed by atoms with van der Waals surface area (Å²) in [5.74, 6) is -0.784. The van der Waals surface area contributed by atoms with Crippen LogP contribution in [0.3, 0.4) is 0 Å². The number of alkyl halides is 3. The lowest BCUT2D eigenvalue weighted by Gasteiger charge is -2.20. The number of pyridine rings is 1. The first-order chi connectivity index (χ1) is 11.0. The van der Waals surface area contributed by atoms with Crippen molar-refractivity contribution in [3.63, 3.8) is 0 Å². The zero-order valence-corrected chi connectivity index (χ0v) is 13.4. The molecule has 1 amide bonds. The third-order valence-corrected chi connectivity index (χ3v) is 3.43. The second kappa shape index (κ2) is 6.14. The van der Waals surface area contributed by atoms with Gasteiger partial charge in [-0.3, -0.25) is 9.78 Å². The molecule has 128 valence electrons. The minimum Gasteiger partial charge on any atom is -0.506 e. The second-order valence-electron chi connectivity index (χ2n) is 6.37. The van der Waals surface area contributed by atoms with Gasteiger partial charge < -0.3 is 10.4 Å². The number of carbonyl (C=O) groups is 1. The van der Waals surface area contributed by atoms with Crippen molar-refractivity contribution in [1.29, 1.82) is 0 Å². The van der Waals surface area contributed by atoms with Gasteiger partial charge in [0.05, 0.1) is 11.3 Å². The average molecular weight is 338 g/mol. The first-order valence-corrected chi connectivity index (χ1v) is 7.16. The molecule has 2 rings (SSSR count). The minimum absolute atomic E-state index is 0.0384. The first-order valence-electron chi connectivity index (χ1n) is 7.16. The molecule has 0 radical (unpaired) electrons. The molecule has 7 heteroatoms. The summed E-state index contributed by atoms with van der Waals surface area (Å²) in [7, 11) is 0. The predicted octanol–water partition coefficient (Wildman–Crippen LogP) is 4.36. The quantitative estimate of drug-likeness (QED) is 0.800. The fourth-order valence-electron chi connectivity index (χ4n) is 1.99. The number of rotatable bonds is 2. The number of aromatic hydroxyl groups is 1. The highest BCUT2D eigenvalue weighted by atomic mass is 19.4. The number of amides is 1. The molecule has 0 aliphatic rings. The number of hydrogen-bond acceptors (Lipinski definition) is 3. The number of benzene rings is 1.